The highest BCUT2D eigenvalue weighted by atomic mass is 16.1. The van der Waals surface area contributed by atoms with Gasteiger partial charge in [0.05, 0.1) is 0 Å². The lowest BCUT2D eigenvalue weighted by atomic mass is 9.85. The van der Waals surface area contributed by atoms with E-state index in [-0.39, 0.29) is 0 Å². The molecule has 0 saturated heterocycles. The van der Waals surface area contributed by atoms with Crippen LogP contribution in [-0.4, -0.2) is 5.78 Å². The monoisotopic (exact) mass is 242 g/mol. The molecule has 0 bridgehead atoms. The van der Waals surface area contributed by atoms with Gasteiger partial charge in [0.15, 0.2) is 0 Å². The Morgan fingerprint density at radius 2 is 1.78 bits per heavy atom. The van der Waals surface area contributed by atoms with Crippen molar-refractivity contribution in [2.24, 2.45) is 11.8 Å². The van der Waals surface area contributed by atoms with E-state index >= 15 is 0 Å². The van der Waals surface area contributed by atoms with Crippen molar-refractivity contribution in [1.82, 2.24) is 0 Å². The van der Waals surface area contributed by atoms with Gasteiger partial charge in [0.2, 0.25) is 0 Å². The van der Waals surface area contributed by atoms with Crippen molar-refractivity contribution in [2.75, 3.05) is 0 Å². The minimum absolute atomic E-state index is 0.342. The highest BCUT2D eigenvalue weighted by molar-refractivity contribution is 5.85. The molecule has 1 aromatic rings. The molecule has 0 amide bonds. The van der Waals surface area contributed by atoms with E-state index in [9.17, 15) is 4.79 Å². The Bertz CT molecular complexity index is 403. The Morgan fingerprint density at radius 1 is 1.06 bits per heavy atom. The largest absolute Gasteiger partial charge is 0.299 e. The first-order chi connectivity index (χ1) is 8.84. The van der Waals surface area contributed by atoms with Gasteiger partial charge in [-0.25, -0.2) is 0 Å². The summed E-state index contributed by atoms with van der Waals surface area (Å²) in [6.07, 6.45) is 8.57. The van der Waals surface area contributed by atoms with Crippen LogP contribution >= 0.6 is 0 Å². The Kier molecular flexibility index (Phi) is 3.49. The van der Waals surface area contributed by atoms with Crippen LogP contribution in [0.1, 0.15) is 56.4 Å². The number of benzene rings is 1. The molecule has 2 aliphatic rings. The molecule has 0 N–H and O–H groups in total. The maximum Gasteiger partial charge on any atom is 0.136 e. The molecule has 2 unspecified atom stereocenters. The number of ketones is 1. The molecule has 2 atom stereocenters. The molecule has 0 aliphatic heterocycles. The number of rotatable bonds is 4. The molecule has 0 aromatic heterocycles. The van der Waals surface area contributed by atoms with Gasteiger partial charge in [-0.1, -0.05) is 62.4 Å². The number of carbonyl (C=O) groups excluding carboxylic acids is 1. The van der Waals surface area contributed by atoms with Crippen LogP contribution in [0.2, 0.25) is 0 Å². The van der Waals surface area contributed by atoms with E-state index in [1.165, 1.54) is 37.7 Å². The van der Waals surface area contributed by atoms with Crippen LogP contribution in [0.5, 0.6) is 0 Å². The number of carbonyl (C=O) groups is 1. The number of hydrogen-bond acceptors (Lipinski definition) is 1. The number of Topliss-reactive ketones (excluding diaryl/α,β-unsaturated/α-hetero) is 1. The van der Waals surface area contributed by atoms with Crippen LogP contribution in [0.4, 0.5) is 0 Å². The Labute approximate surface area is 110 Å². The van der Waals surface area contributed by atoms with Crippen molar-refractivity contribution in [1.29, 1.82) is 0 Å². The SMILES string of the molecule is O=C(CC1CCCCC1)C1CC1c1ccccc1. The lowest BCUT2D eigenvalue weighted by Crippen LogP contribution is -2.13. The molecule has 1 nitrogen and oxygen atoms in total. The third-order valence-electron chi connectivity index (χ3n) is 4.65. The molecule has 0 heterocycles. The average Bonchev–Trinajstić information content (AvgIpc) is 3.21. The summed E-state index contributed by atoms with van der Waals surface area (Å²) in [7, 11) is 0. The Hall–Kier alpha value is -1.11. The van der Waals surface area contributed by atoms with Crippen LogP contribution in [0, 0.1) is 11.8 Å². The molecule has 1 heteroatoms. The Morgan fingerprint density at radius 3 is 2.50 bits per heavy atom. The second-order valence-electron chi connectivity index (χ2n) is 6.03. The van der Waals surface area contributed by atoms with Gasteiger partial charge in [-0.15, -0.1) is 0 Å². The summed E-state index contributed by atoms with van der Waals surface area (Å²) in [5.41, 5.74) is 1.36. The quantitative estimate of drug-likeness (QED) is 0.768. The van der Waals surface area contributed by atoms with Gasteiger partial charge in [0.1, 0.15) is 5.78 Å². The predicted octanol–water partition coefficient (Wildman–Crippen LogP) is 4.33. The zero-order valence-electron chi connectivity index (χ0n) is 11.0. The molecule has 18 heavy (non-hydrogen) atoms. The van der Waals surface area contributed by atoms with Crippen molar-refractivity contribution in [3.8, 4) is 0 Å². The van der Waals surface area contributed by atoms with Gasteiger partial charge in [-0.05, 0) is 23.8 Å². The van der Waals surface area contributed by atoms with Crippen LogP contribution < -0.4 is 0 Å². The van der Waals surface area contributed by atoms with Crippen molar-refractivity contribution in [2.45, 2.75) is 50.9 Å². The van der Waals surface area contributed by atoms with E-state index in [0.29, 0.717) is 23.5 Å². The van der Waals surface area contributed by atoms with Crippen LogP contribution in [0.25, 0.3) is 0 Å². The summed E-state index contributed by atoms with van der Waals surface area (Å²) < 4.78 is 0. The third kappa shape index (κ3) is 2.66. The summed E-state index contributed by atoms with van der Waals surface area (Å²) in [6.45, 7) is 0. The molecule has 1 aromatic carbocycles. The lowest BCUT2D eigenvalue weighted by molar-refractivity contribution is -0.121. The lowest BCUT2D eigenvalue weighted by Gasteiger charge is -2.20. The molecule has 2 aliphatic carbocycles. The topological polar surface area (TPSA) is 17.1 Å². The summed E-state index contributed by atoms with van der Waals surface area (Å²) in [6, 6.07) is 10.5. The highest BCUT2D eigenvalue weighted by Gasteiger charge is 2.43. The standard InChI is InChI=1S/C17H22O/c18-17(11-13-7-3-1-4-8-13)16-12-15(16)14-9-5-2-6-10-14/h2,5-6,9-10,13,15-16H,1,3-4,7-8,11-12H2. The van der Waals surface area contributed by atoms with Gasteiger partial charge in [0.25, 0.3) is 0 Å². The third-order valence-corrected chi connectivity index (χ3v) is 4.65. The van der Waals surface area contributed by atoms with E-state index in [1.807, 2.05) is 6.07 Å². The van der Waals surface area contributed by atoms with Gasteiger partial charge >= 0.3 is 0 Å². The highest BCUT2D eigenvalue weighted by Crippen LogP contribution is 2.49. The van der Waals surface area contributed by atoms with Crippen LogP contribution in [-0.2, 0) is 4.79 Å². The van der Waals surface area contributed by atoms with Crippen LogP contribution in [0.3, 0.4) is 0 Å². The van der Waals surface area contributed by atoms with E-state index in [0.717, 1.165) is 12.8 Å². The van der Waals surface area contributed by atoms with Crippen molar-refractivity contribution < 1.29 is 4.79 Å². The van der Waals surface area contributed by atoms with Gasteiger partial charge in [-0.3, -0.25) is 4.79 Å². The van der Waals surface area contributed by atoms with Gasteiger partial charge in [-0.2, -0.15) is 0 Å². The fraction of sp³-hybridized carbons (Fsp3) is 0.588. The first-order valence-electron chi connectivity index (χ1n) is 7.42. The zero-order valence-corrected chi connectivity index (χ0v) is 11.0. The second kappa shape index (κ2) is 5.26. The van der Waals surface area contributed by atoms with E-state index < -0.39 is 0 Å². The molecule has 96 valence electrons. The van der Waals surface area contributed by atoms with Gasteiger partial charge in [0, 0.05) is 12.3 Å². The molecular weight excluding hydrogens is 220 g/mol. The fourth-order valence-corrected chi connectivity index (χ4v) is 3.45. The summed E-state index contributed by atoms with van der Waals surface area (Å²) >= 11 is 0. The van der Waals surface area contributed by atoms with E-state index in [1.54, 1.807) is 0 Å². The second-order valence-corrected chi connectivity index (χ2v) is 6.03. The smallest absolute Gasteiger partial charge is 0.136 e. The van der Waals surface area contributed by atoms with Crippen molar-refractivity contribution in [3.63, 3.8) is 0 Å². The number of hydrogen-bond donors (Lipinski definition) is 0. The minimum Gasteiger partial charge on any atom is -0.299 e. The fourth-order valence-electron chi connectivity index (χ4n) is 3.45. The molecule has 2 fully saturated rings. The normalized spacial score (nSPS) is 28.0. The maximum absolute atomic E-state index is 12.3. The van der Waals surface area contributed by atoms with Crippen molar-refractivity contribution in [3.05, 3.63) is 35.9 Å². The molecule has 0 radical (unpaired) electrons. The molecule has 3 rings (SSSR count). The van der Waals surface area contributed by atoms with Crippen molar-refractivity contribution >= 4 is 5.78 Å². The summed E-state index contributed by atoms with van der Waals surface area (Å²) in [5.74, 6) is 2.11. The van der Waals surface area contributed by atoms with Crippen LogP contribution in [0.15, 0.2) is 30.3 Å². The minimum atomic E-state index is 0.342. The van der Waals surface area contributed by atoms with E-state index in [4.69, 9.17) is 0 Å². The van der Waals surface area contributed by atoms with Gasteiger partial charge < -0.3 is 0 Å². The molecular formula is C17H22O. The first kappa shape index (κ1) is 12.0. The van der Waals surface area contributed by atoms with E-state index in [2.05, 4.69) is 24.3 Å². The first-order valence-corrected chi connectivity index (χ1v) is 7.42. The molecule has 0 spiro atoms. The Balaban J connectivity index is 1.53. The average molecular weight is 242 g/mol. The summed E-state index contributed by atoms with van der Waals surface area (Å²) in [5, 5.41) is 0. The predicted molar refractivity (Wildman–Crippen MR) is 73.5 cm³/mol. The summed E-state index contributed by atoms with van der Waals surface area (Å²) in [4.78, 5) is 12.3. The zero-order chi connectivity index (χ0) is 12.4. The maximum atomic E-state index is 12.3. The molecule has 2 saturated carbocycles.